The largest absolute Gasteiger partial charge is 0.387 e. The second-order valence-corrected chi connectivity index (χ2v) is 5.13. The Hall–Kier alpha value is -0.900. The van der Waals surface area contributed by atoms with Gasteiger partial charge in [0.15, 0.2) is 0 Å². The number of hydrogen-bond acceptors (Lipinski definition) is 3. The number of aryl methyl sites for hydroxylation is 1. The first-order chi connectivity index (χ1) is 9.77. The van der Waals surface area contributed by atoms with Crippen molar-refractivity contribution in [2.45, 2.75) is 45.6 Å². The summed E-state index contributed by atoms with van der Waals surface area (Å²) in [4.78, 5) is 0. The van der Waals surface area contributed by atoms with Crippen LogP contribution in [0.5, 0.6) is 0 Å². The van der Waals surface area contributed by atoms with Crippen LogP contribution in [0.1, 0.15) is 50.3 Å². The highest BCUT2D eigenvalue weighted by atomic mass is 16.5. The summed E-state index contributed by atoms with van der Waals surface area (Å²) in [5.74, 6) is 0. The van der Waals surface area contributed by atoms with Crippen molar-refractivity contribution in [3.05, 3.63) is 35.4 Å². The predicted octanol–water partition coefficient (Wildman–Crippen LogP) is 3.08. The minimum absolute atomic E-state index is 0.429. The Morgan fingerprint density at radius 1 is 1.10 bits per heavy atom. The molecule has 0 fully saturated rings. The van der Waals surface area contributed by atoms with Gasteiger partial charge in [-0.3, -0.25) is 0 Å². The maximum absolute atomic E-state index is 10.1. The minimum atomic E-state index is -0.429. The molecule has 0 aliphatic carbocycles. The quantitative estimate of drug-likeness (QED) is 0.612. The van der Waals surface area contributed by atoms with E-state index < -0.39 is 6.10 Å². The molecular weight excluding hydrogens is 250 g/mol. The molecule has 0 heterocycles. The van der Waals surface area contributed by atoms with E-state index in [-0.39, 0.29) is 0 Å². The van der Waals surface area contributed by atoms with Crippen molar-refractivity contribution in [2.24, 2.45) is 0 Å². The lowest BCUT2D eigenvalue weighted by molar-refractivity contribution is 0.126. The van der Waals surface area contributed by atoms with Crippen molar-refractivity contribution >= 4 is 0 Å². The predicted molar refractivity (Wildman–Crippen MR) is 84.0 cm³/mol. The van der Waals surface area contributed by atoms with Gasteiger partial charge in [0.2, 0.25) is 0 Å². The summed E-state index contributed by atoms with van der Waals surface area (Å²) in [5, 5.41) is 13.3. The standard InChI is InChI=1S/C17H29NO2/c1-3-5-12-20-13-6-11-18-14-17(19)16-9-7-15(4-2)8-10-16/h7-10,17-19H,3-6,11-14H2,1-2H3. The second-order valence-electron chi connectivity index (χ2n) is 5.13. The van der Waals surface area contributed by atoms with Crippen LogP contribution in [0.15, 0.2) is 24.3 Å². The first-order valence-electron chi connectivity index (χ1n) is 7.83. The number of unbranched alkanes of at least 4 members (excludes halogenated alkanes) is 1. The molecule has 0 saturated heterocycles. The molecule has 0 aliphatic rings. The van der Waals surface area contributed by atoms with Gasteiger partial charge >= 0.3 is 0 Å². The molecule has 1 aromatic rings. The summed E-state index contributed by atoms with van der Waals surface area (Å²) in [6.07, 6.45) is 3.92. The van der Waals surface area contributed by atoms with Crippen molar-refractivity contribution in [3.8, 4) is 0 Å². The molecule has 1 atom stereocenters. The Kier molecular flexibility index (Phi) is 9.29. The Labute approximate surface area is 123 Å². The van der Waals surface area contributed by atoms with Gasteiger partial charge in [-0.2, -0.15) is 0 Å². The molecule has 3 nitrogen and oxygen atoms in total. The van der Waals surface area contributed by atoms with Crippen LogP contribution in [0.4, 0.5) is 0 Å². The van der Waals surface area contributed by atoms with Crippen molar-refractivity contribution in [3.63, 3.8) is 0 Å². The summed E-state index contributed by atoms with van der Waals surface area (Å²) in [5.41, 5.74) is 2.28. The highest BCUT2D eigenvalue weighted by Gasteiger charge is 2.06. The third-order valence-corrected chi connectivity index (χ3v) is 3.39. The van der Waals surface area contributed by atoms with Crippen molar-refractivity contribution in [1.82, 2.24) is 5.32 Å². The number of benzene rings is 1. The van der Waals surface area contributed by atoms with Crippen LogP contribution in [0.2, 0.25) is 0 Å². The number of aliphatic hydroxyl groups is 1. The Balaban J connectivity index is 2.08. The van der Waals surface area contributed by atoms with Gasteiger partial charge in [-0.15, -0.1) is 0 Å². The van der Waals surface area contributed by atoms with E-state index in [9.17, 15) is 5.11 Å². The van der Waals surface area contributed by atoms with Crippen LogP contribution >= 0.6 is 0 Å². The topological polar surface area (TPSA) is 41.5 Å². The molecule has 0 saturated carbocycles. The third kappa shape index (κ3) is 7.04. The minimum Gasteiger partial charge on any atom is -0.387 e. The fraction of sp³-hybridized carbons (Fsp3) is 0.647. The number of rotatable bonds is 11. The van der Waals surface area contributed by atoms with E-state index in [1.807, 2.05) is 12.1 Å². The van der Waals surface area contributed by atoms with Gasteiger partial charge in [0.1, 0.15) is 0 Å². The SMILES string of the molecule is CCCCOCCCNCC(O)c1ccc(CC)cc1. The zero-order chi connectivity index (χ0) is 14.6. The highest BCUT2D eigenvalue weighted by Crippen LogP contribution is 2.13. The van der Waals surface area contributed by atoms with Crippen LogP contribution in [0.25, 0.3) is 0 Å². The van der Waals surface area contributed by atoms with E-state index in [1.165, 1.54) is 12.0 Å². The molecule has 20 heavy (non-hydrogen) atoms. The van der Waals surface area contributed by atoms with E-state index >= 15 is 0 Å². The normalized spacial score (nSPS) is 12.6. The van der Waals surface area contributed by atoms with E-state index in [4.69, 9.17) is 4.74 Å². The van der Waals surface area contributed by atoms with E-state index in [0.29, 0.717) is 6.54 Å². The average Bonchev–Trinajstić information content (AvgIpc) is 2.50. The molecule has 1 unspecified atom stereocenters. The Morgan fingerprint density at radius 3 is 2.45 bits per heavy atom. The molecule has 114 valence electrons. The smallest absolute Gasteiger partial charge is 0.0914 e. The van der Waals surface area contributed by atoms with Crippen LogP contribution in [-0.4, -0.2) is 31.4 Å². The van der Waals surface area contributed by atoms with E-state index in [2.05, 4.69) is 31.3 Å². The molecular formula is C17H29NO2. The molecule has 0 radical (unpaired) electrons. The first-order valence-corrected chi connectivity index (χ1v) is 7.83. The Bertz CT molecular complexity index is 337. The molecule has 1 aromatic carbocycles. The molecule has 0 spiro atoms. The maximum Gasteiger partial charge on any atom is 0.0914 e. The average molecular weight is 279 g/mol. The lowest BCUT2D eigenvalue weighted by atomic mass is 10.1. The van der Waals surface area contributed by atoms with Crippen LogP contribution in [-0.2, 0) is 11.2 Å². The molecule has 3 heteroatoms. The number of ether oxygens (including phenoxy) is 1. The highest BCUT2D eigenvalue weighted by molar-refractivity contribution is 5.24. The molecule has 0 bridgehead atoms. The van der Waals surface area contributed by atoms with Gasteiger partial charge in [0.25, 0.3) is 0 Å². The van der Waals surface area contributed by atoms with Crippen LogP contribution in [0, 0.1) is 0 Å². The fourth-order valence-corrected chi connectivity index (χ4v) is 1.98. The monoisotopic (exact) mass is 279 g/mol. The molecule has 1 rings (SSSR count). The van der Waals surface area contributed by atoms with Gasteiger partial charge in [-0.05, 0) is 36.9 Å². The first kappa shape index (κ1) is 17.2. The van der Waals surface area contributed by atoms with Crippen molar-refractivity contribution in [1.29, 1.82) is 0 Å². The number of aliphatic hydroxyl groups excluding tert-OH is 1. The fourth-order valence-electron chi connectivity index (χ4n) is 1.98. The zero-order valence-electron chi connectivity index (χ0n) is 12.9. The second kappa shape index (κ2) is 10.8. The van der Waals surface area contributed by atoms with E-state index in [1.54, 1.807) is 0 Å². The molecule has 0 aliphatic heterocycles. The van der Waals surface area contributed by atoms with Crippen molar-refractivity contribution in [2.75, 3.05) is 26.3 Å². The summed E-state index contributed by atoms with van der Waals surface area (Å²) in [6.45, 7) is 7.45. The lowest BCUT2D eigenvalue weighted by Crippen LogP contribution is -2.23. The van der Waals surface area contributed by atoms with E-state index in [0.717, 1.165) is 44.6 Å². The Morgan fingerprint density at radius 2 is 1.80 bits per heavy atom. The number of nitrogens with one attached hydrogen (secondary N) is 1. The molecule has 0 aromatic heterocycles. The summed E-state index contributed by atoms with van der Waals surface area (Å²) >= 11 is 0. The summed E-state index contributed by atoms with van der Waals surface area (Å²) in [6, 6.07) is 8.19. The summed E-state index contributed by atoms with van der Waals surface area (Å²) in [7, 11) is 0. The van der Waals surface area contributed by atoms with Gasteiger partial charge in [0.05, 0.1) is 6.10 Å². The van der Waals surface area contributed by atoms with Gasteiger partial charge in [0, 0.05) is 19.8 Å². The molecule has 0 amide bonds. The van der Waals surface area contributed by atoms with Crippen LogP contribution in [0.3, 0.4) is 0 Å². The number of hydrogen-bond donors (Lipinski definition) is 2. The van der Waals surface area contributed by atoms with Gasteiger partial charge in [-0.1, -0.05) is 44.5 Å². The van der Waals surface area contributed by atoms with Crippen LogP contribution < -0.4 is 5.32 Å². The zero-order valence-corrected chi connectivity index (χ0v) is 12.9. The van der Waals surface area contributed by atoms with Gasteiger partial charge < -0.3 is 15.2 Å². The maximum atomic E-state index is 10.1. The molecule has 2 N–H and O–H groups in total. The van der Waals surface area contributed by atoms with Gasteiger partial charge in [-0.25, -0.2) is 0 Å². The van der Waals surface area contributed by atoms with Crippen molar-refractivity contribution < 1.29 is 9.84 Å². The summed E-state index contributed by atoms with van der Waals surface area (Å²) < 4.78 is 5.49. The third-order valence-electron chi connectivity index (χ3n) is 3.39. The lowest BCUT2D eigenvalue weighted by Gasteiger charge is -2.12.